The van der Waals surface area contributed by atoms with Crippen molar-refractivity contribution in [2.75, 3.05) is 26.8 Å². The van der Waals surface area contributed by atoms with Crippen LogP contribution in [0.4, 0.5) is 0 Å². The second kappa shape index (κ2) is 8.45. The van der Waals surface area contributed by atoms with Gasteiger partial charge in [0.05, 0.1) is 12.7 Å². The Hall–Kier alpha value is -1.65. The van der Waals surface area contributed by atoms with Gasteiger partial charge in [0.1, 0.15) is 5.75 Å². The molecule has 0 amide bonds. The average molecular weight is 328 g/mol. The van der Waals surface area contributed by atoms with Crippen molar-refractivity contribution < 1.29 is 9.47 Å². The summed E-state index contributed by atoms with van der Waals surface area (Å²) < 4.78 is 11.5. The number of aromatic nitrogens is 1. The average Bonchev–Trinajstić information content (AvgIpc) is 2.63. The largest absolute Gasteiger partial charge is 0.490 e. The van der Waals surface area contributed by atoms with Crippen LogP contribution in [0.5, 0.6) is 5.75 Å². The number of hydrogen-bond acceptors (Lipinski definition) is 4. The van der Waals surface area contributed by atoms with Gasteiger partial charge in [0.2, 0.25) is 0 Å². The van der Waals surface area contributed by atoms with E-state index in [2.05, 4.69) is 35.0 Å². The number of rotatable bonds is 7. The standard InChI is InChI=1S/C20H28N2O2/c1-3-22(12-13-23-2)18-5-8-19(9-6-18)24-20-7-4-17-15-21-11-10-16(17)14-20/h4,7,10-11,14-15,18-19H,3,5-6,8-9,12-13H2,1-2H3. The van der Waals surface area contributed by atoms with Gasteiger partial charge in [-0.1, -0.05) is 6.92 Å². The Balaban J connectivity index is 1.54. The first-order valence-electron chi connectivity index (χ1n) is 9.03. The lowest BCUT2D eigenvalue weighted by Crippen LogP contribution is -2.41. The molecule has 4 heteroatoms. The summed E-state index contributed by atoms with van der Waals surface area (Å²) in [5.74, 6) is 0.976. The molecule has 1 aliphatic carbocycles. The molecular formula is C20H28N2O2. The fourth-order valence-electron chi connectivity index (χ4n) is 3.66. The maximum atomic E-state index is 6.24. The van der Waals surface area contributed by atoms with Crippen LogP contribution in [0.15, 0.2) is 36.7 Å². The number of hydrogen-bond donors (Lipinski definition) is 0. The second-order valence-corrected chi connectivity index (χ2v) is 6.55. The van der Waals surface area contributed by atoms with Crippen molar-refractivity contribution in [3.63, 3.8) is 0 Å². The third kappa shape index (κ3) is 4.25. The summed E-state index contributed by atoms with van der Waals surface area (Å²) in [7, 11) is 1.78. The Kier molecular flexibility index (Phi) is 6.05. The van der Waals surface area contributed by atoms with Gasteiger partial charge in [0, 0.05) is 37.5 Å². The van der Waals surface area contributed by atoms with E-state index in [1.807, 2.05) is 18.5 Å². The number of fused-ring (bicyclic) bond motifs is 1. The SMILES string of the molecule is CCN(CCOC)C1CCC(Oc2ccc3cnccc3c2)CC1. The van der Waals surface area contributed by atoms with Crippen LogP contribution in [0.2, 0.25) is 0 Å². The minimum absolute atomic E-state index is 0.335. The normalized spacial score (nSPS) is 21.3. The van der Waals surface area contributed by atoms with Crippen molar-refractivity contribution >= 4 is 10.8 Å². The van der Waals surface area contributed by atoms with Gasteiger partial charge in [-0.15, -0.1) is 0 Å². The Morgan fingerprint density at radius 3 is 2.71 bits per heavy atom. The summed E-state index contributed by atoms with van der Waals surface area (Å²) in [5.41, 5.74) is 0. The monoisotopic (exact) mass is 328 g/mol. The lowest BCUT2D eigenvalue weighted by atomic mass is 9.91. The van der Waals surface area contributed by atoms with Crippen molar-refractivity contribution in [3.8, 4) is 5.75 Å². The molecule has 4 nitrogen and oxygen atoms in total. The van der Waals surface area contributed by atoms with E-state index in [0.29, 0.717) is 12.1 Å². The number of ether oxygens (including phenoxy) is 2. The summed E-state index contributed by atoms with van der Waals surface area (Å²) in [6, 6.07) is 8.99. The van der Waals surface area contributed by atoms with Crippen LogP contribution in [0, 0.1) is 0 Å². The summed E-state index contributed by atoms with van der Waals surface area (Å²) in [6.45, 7) is 5.18. The molecule has 1 fully saturated rings. The highest BCUT2D eigenvalue weighted by Crippen LogP contribution is 2.28. The lowest BCUT2D eigenvalue weighted by Gasteiger charge is -2.36. The fourth-order valence-corrected chi connectivity index (χ4v) is 3.66. The molecule has 0 unspecified atom stereocenters. The molecule has 0 radical (unpaired) electrons. The number of pyridine rings is 1. The van der Waals surface area contributed by atoms with E-state index in [0.717, 1.165) is 43.7 Å². The lowest BCUT2D eigenvalue weighted by molar-refractivity contribution is 0.0714. The van der Waals surface area contributed by atoms with Gasteiger partial charge < -0.3 is 9.47 Å². The molecule has 0 spiro atoms. The van der Waals surface area contributed by atoms with Crippen molar-refractivity contribution in [3.05, 3.63) is 36.7 Å². The maximum Gasteiger partial charge on any atom is 0.120 e. The minimum atomic E-state index is 0.335. The van der Waals surface area contributed by atoms with Gasteiger partial charge in [-0.25, -0.2) is 0 Å². The van der Waals surface area contributed by atoms with Gasteiger partial charge in [0.15, 0.2) is 0 Å². The highest BCUT2D eigenvalue weighted by Gasteiger charge is 2.26. The molecule has 3 rings (SSSR count). The molecule has 0 atom stereocenters. The number of benzene rings is 1. The Morgan fingerprint density at radius 2 is 1.96 bits per heavy atom. The molecule has 130 valence electrons. The number of methoxy groups -OCH3 is 1. The molecule has 1 aromatic carbocycles. The van der Waals surface area contributed by atoms with Crippen molar-refractivity contribution in [1.82, 2.24) is 9.88 Å². The molecule has 1 saturated carbocycles. The Bertz CT molecular complexity index is 638. The van der Waals surface area contributed by atoms with Gasteiger partial charge in [-0.05, 0) is 61.9 Å². The number of nitrogens with zero attached hydrogens (tertiary/aromatic N) is 2. The van der Waals surface area contributed by atoms with E-state index < -0.39 is 0 Å². The molecular weight excluding hydrogens is 300 g/mol. The second-order valence-electron chi connectivity index (χ2n) is 6.55. The van der Waals surface area contributed by atoms with Crippen LogP contribution >= 0.6 is 0 Å². The van der Waals surface area contributed by atoms with E-state index >= 15 is 0 Å². The Labute approximate surface area is 144 Å². The quantitative estimate of drug-likeness (QED) is 0.772. The van der Waals surface area contributed by atoms with Crippen LogP contribution in [0.3, 0.4) is 0 Å². The highest BCUT2D eigenvalue weighted by molar-refractivity contribution is 5.82. The first-order valence-corrected chi connectivity index (χ1v) is 9.03. The van der Waals surface area contributed by atoms with Gasteiger partial charge in [0.25, 0.3) is 0 Å². The van der Waals surface area contributed by atoms with Crippen LogP contribution in [0.25, 0.3) is 10.8 Å². The predicted molar refractivity (Wildman–Crippen MR) is 97.5 cm³/mol. The van der Waals surface area contributed by atoms with Crippen LogP contribution in [-0.4, -0.2) is 48.8 Å². The molecule has 24 heavy (non-hydrogen) atoms. The first-order chi connectivity index (χ1) is 11.8. The molecule has 2 aromatic rings. The molecule has 1 heterocycles. The summed E-state index contributed by atoms with van der Waals surface area (Å²) >= 11 is 0. The van der Waals surface area contributed by atoms with E-state index in [-0.39, 0.29) is 0 Å². The maximum absolute atomic E-state index is 6.24. The van der Waals surface area contributed by atoms with E-state index in [1.165, 1.54) is 18.2 Å². The minimum Gasteiger partial charge on any atom is -0.490 e. The third-order valence-electron chi connectivity index (χ3n) is 5.06. The van der Waals surface area contributed by atoms with Crippen molar-refractivity contribution in [1.29, 1.82) is 0 Å². The fraction of sp³-hybridized carbons (Fsp3) is 0.550. The van der Waals surface area contributed by atoms with Crippen molar-refractivity contribution in [2.45, 2.75) is 44.8 Å². The topological polar surface area (TPSA) is 34.6 Å². The smallest absolute Gasteiger partial charge is 0.120 e. The van der Waals surface area contributed by atoms with Crippen LogP contribution < -0.4 is 4.74 Å². The summed E-state index contributed by atoms with van der Waals surface area (Å²) in [6.07, 6.45) is 8.73. The zero-order valence-electron chi connectivity index (χ0n) is 14.8. The highest BCUT2D eigenvalue weighted by atomic mass is 16.5. The molecule has 0 aliphatic heterocycles. The van der Waals surface area contributed by atoms with E-state index in [9.17, 15) is 0 Å². The molecule has 0 bridgehead atoms. The molecule has 1 aromatic heterocycles. The first kappa shape index (κ1) is 17.2. The van der Waals surface area contributed by atoms with E-state index in [4.69, 9.17) is 9.47 Å². The van der Waals surface area contributed by atoms with Crippen LogP contribution in [-0.2, 0) is 4.74 Å². The van der Waals surface area contributed by atoms with Gasteiger partial charge in [-0.3, -0.25) is 9.88 Å². The molecule has 1 aliphatic rings. The molecule has 0 saturated heterocycles. The van der Waals surface area contributed by atoms with Crippen LogP contribution in [0.1, 0.15) is 32.6 Å². The van der Waals surface area contributed by atoms with Gasteiger partial charge in [-0.2, -0.15) is 0 Å². The van der Waals surface area contributed by atoms with Crippen molar-refractivity contribution in [2.24, 2.45) is 0 Å². The summed E-state index contributed by atoms with van der Waals surface area (Å²) in [5, 5.41) is 2.35. The molecule has 0 N–H and O–H groups in total. The zero-order chi connectivity index (χ0) is 16.8. The summed E-state index contributed by atoms with van der Waals surface area (Å²) in [4.78, 5) is 6.70. The van der Waals surface area contributed by atoms with Gasteiger partial charge >= 0.3 is 0 Å². The number of likely N-dealkylation sites (N-methyl/N-ethyl adjacent to an activating group) is 1. The predicted octanol–water partition coefficient (Wildman–Crippen LogP) is 3.89. The third-order valence-corrected chi connectivity index (χ3v) is 5.06. The van der Waals surface area contributed by atoms with E-state index in [1.54, 1.807) is 7.11 Å². The Morgan fingerprint density at radius 1 is 1.12 bits per heavy atom. The zero-order valence-corrected chi connectivity index (χ0v) is 14.8.